The molecule has 19 heavy (non-hydrogen) atoms. The molecule has 1 fully saturated rings. The zero-order valence-electron chi connectivity index (χ0n) is 10.7. The van der Waals surface area contributed by atoms with Crippen LogP contribution in [0.4, 0.5) is 5.95 Å². The molecule has 2 aromatic rings. The lowest BCUT2D eigenvalue weighted by atomic mass is 10.3. The number of aryl methyl sites for hydroxylation is 1. The summed E-state index contributed by atoms with van der Waals surface area (Å²) in [4.78, 5) is 10.9. The summed E-state index contributed by atoms with van der Waals surface area (Å²) in [5, 5.41) is 9.00. The molecule has 1 saturated carbocycles. The smallest absolute Gasteiger partial charge is 0.227 e. The van der Waals surface area contributed by atoms with Crippen molar-refractivity contribution in [2.45, 2.75) is 32.4 Å². The highest BCUT2D eigenvalue weighted by molar-refractivity contribution is 5.39. The van der Waals surface area contributed by atoms with Gasteiger partial charge in [0.05, 0.1) is 12.8 Å². The third-order valence-electron chi connectivity index (χ3n) is 3.11. The summed E-state index contributed by atoms with van der Waals surface area (Å²) in [6, 6.07) is 8.05. The van der Waals surface area contributed by atoms with Crippen molar-refractivity contribution in [1.82, 2.24) is 9.97 Å². The van der Waals surface area contributed by atoms with Crippen LogP contribution in [0.2, 0.25) is 0 Å². The van der Waals surface area contributed by atoms with Gasteiger partial charge in [0.1, 0.15) is 17.5 Å². The number of nitrogens with zero attached hydrogens (tertiary/aromatic N) is 4. The van der Waals surface area contributed by atoms with E-state index in [1.54, 1.807) is 12.3 Å². The molecule has 96 valence electrons. The van der Waals surface area contributed by atoms with Gasteiger partial charge in [-0.25, -0.2) is 9.97 Å². The number of anilines is 1. The molecule has 2 heterocycles. The van der Waals surface area contributed by atoms with Crippen molar-refractivity contribution in [2.75, 3.05) is 4.90 Å². The molecule has 3 rings (SSSR count). The average Bonchev–Trinajstić information content (AvgIpc) is 3.12. The van der Waals surface area contributed by atoms with E-state index in [4.69, 9.17) is 9.68 Å². The molecule has 0 saturated heterocycles. The Bertz CT molecular complexity index is 611. The lowest BCUT2D eigenvalue weighted by Crippen LogP contribution is -2.27. The standard InChI is InChI=1S/C14H14N4O/c1-10-7-11(8-15)17-14(16-10)18(12-4-5-12)9-13-3-2-6-19-13/h2-3,6-7,12H,4-5,9H2,1H3. The lowest BCUT2D eigenvalue weighted by molar-refractivity contribution is 0.499. The molecular formula is C14H14N4O. The molecule has 1 aliphatic carbocycles. The molecule has 0 spiro atoms. The first-order chi connectivity index (χ1) is 9.26. The summed E-state index contributed by atoms with van der Waals surface area (Å²) < 4.78 is 5.39. The topological polar surface area (TPSA) is 66.0 Å². The minimum absolute atomic E-state index is 0.410. The Hall–Kier alpha value is -2.35. The zero-order chi connectivity index (χ0) is 13.2. The van der Waals surface area contributed by atoms with E-state index in [-0.39, 0.29) is 0 Å². The van der Waals surface area contributed by atoms with Crippen LogP contribution in [-0.4, -0.2) is 16.0 Å². The fourth-order valence-electron chi connectivity index (χ4n) is 2.06. The van der Waals surface area contributed by atoms with E-state index in [1.807, 2.05) is 19.1 Å². The van der Waals surface area contributed by atoms with Crippen LogP contribution in [0.3, 0.4) is 0 Å². The van der Waals surface area contributed by atoms with Gasteiger partial charge in [0.15, 0.2) is 0 Å². The minimum Gasteiger partial charge on any atom is -0.467 e. The molecule has 0 bridgehead atoms. The van der Waals surface area contributed by atoms with Gasteiger partial charge < -0.3 is 9.32 Å². The predicted molar refractivity (Wildman–Crippen MR) is 69.4 cm³/mol. The van der Waals surface area contributed by atoms with Crippen LogP contribution in [0, 0.1) is 18.3 Å². The van der Waals surface area contributed by atoms with Crippen LogP contribution >= 0.6 is 0 Å². The second-order valence-corrected chi connectivity index (χ2v) is 4.74. The second kappa shape index (κ2) is 4.73. The summed E-state index contributed by atoms with van der Waals surface area (Å²) in [5.74, 6) is 1.51. The largest absolute Gasteiger partial charge is 0.467 e. The monoisotopic (exact) mass is 254 g/mol. The fraction of sp³-hybridized carbons (Fsp3) is 0.357. The van der Waals surface area contributed by atoms with Crippen LogP contribution in [0.15, 0.2) is 28.9 Å². The van der Waals surface area contributed by atoms with E-state index in [0.717, 1.165) is 24.3 Å². The highest BCUT2D eigenvalue weighted by Crippen LogP contribution is 2.31. The average molecular weight is 254 g/mol. The van der Waals surface area contributed by atoms with Crippen molar-refractivity contribution in [1.29, 1.82) is 5.26 Å². The number of rotatable bonds is 4. The normalized spacial score (nSPS) is 14.1. The molecule has 0 unspecified atom stereocenters. The number of furan rings is 1. The summed E-state index contributed by atoms with van der Waals surface area (Å²) in [6.45, 7) is 2.52. The molecule has 2 aromatic heterocycles. The fourth-order valence-corrected chi connectivity index (χ4v) is 2.06. The molecule has 0 radical (unpaired) electrons. The van der Waals surface area contributed by atoms with E-state index in [9.17, 15) is 0 Å². The molecule has 0 N–H and O–H groups in total. The van der Waals surface area contributed by atoms with Gasteiger partial charge in [0.25, 0.3) is 0 Å². The first-order valence-corrected chi connectivity index (χ1v) is 6.31. The van der Waals surface area contributed by atoms with E-state index >= 15 is 0 Å². The third kappa shape index (κ3) is 2.58. The zero-order valence-corrected chi connectivity index (χ0v) is 10.7. The molecule has 1 aliphatic rings. The van der Waals surface area contributed by atoms with E-state index in [1.165, 1.54) is 0 Å². The third-order valence-corrected chi connectivity index (χ3v) is 3.11. The Morgan fingerprint density at radius 1 is 1.47 bits per heavy atom. The van der Waals surface area contributed by atoms with Crippen LogP contribution in [0.1, 0.15) is 30.0 Å². The maximum absolute atomic E-state index is 9.00. The van der Waals surface area contributed by atoms with Gasteiger partial charge in [-0.15, -0.1) is 0 Å². The first-order valence-electron chi connectivity index (χ1n) is 6.31. The first kappa shape index (κ1) is 11.7. The quantitative estimate of drug-likeness (QED) is 0.838. The van der Waals surface area contributed by atoms with Crippen molar-refractivity contribution in [3.63, 3.8) is 0 Å². The number of nitriles is 1. The molecule has 0 amide bonds. The Labute approximate surface area is 111 Å². The second-order valence-electron chi connectivity index (χ2n) is 4.74. The van der Waals surface area contributed by atoms with E-state index < -0.39 is 0 Å². The Morgan fingerprint density at radius 2 is 2.32 bits per heavy atom. The summed E-state index contributed by atoms with van der Waals surface area (Å²) in [5.41, 5.74) is 1.22. The van der Waals surface area contributed by atoms with Crippen molar-refractivity contribution >= 4 is 5.95 Å². The molecule has 0 atom stereocenters. The van der Waals surface area contributed by atoms with Crippen molar-refractivity contribution in [3.8, 4) is 6.07 Å². The Morgan fingerprint density at radius 3 is 2.95 bits per heavy atom. The van der Waals surface area contributed by atoms with E-state index in [2.05, 4.69) is 20.9 Å². The molecule has 5 heteroatoms. The summed E-state index contributed by atoms with van der Waals surface area (Å²) in [6.07, 6.45) is 3.94. The molecule has 0 aliphatic heterocycles. The SMILES string of the molecule is Cc1cc(C#N)nc(N(Cc2ccco2)C2CC2)n1. The maximum atomic E-state index is 9.00. The van der Waals surface area contributed by atoms with Crippen molar-refractivity contribution < 1.29 is 4.42 Å². The van der Waals surface area contributed by atoms with Gasteiger partial charge in [0.2, 0.25) is 5.95 Å². The van der Waals surface area contributed by atoms with Gasteiger partial charge >= 0.3 is 0 Å². The number of aromatic nitrogens is 2. The van der Waals surface area contributed by atoms with Gasteiger partial charge in [-0.05, 0) is 38.0 Å². The molecule has 0 aromatic carbocycles. The van der Waals surface area contributed by atoms with Crippen LogP contribution in [0.5, 0.6) is 0 Å². The van der Waals surface area contributed by atoms with Crippen molar-refractivity contribution in [2.24, 2.45) is 0 Å². The van der Waals surface area contributed by atoms with Crippen LogP contribution < -0.4 is 4.90 Å². The highest BCUT2D eigenvalue weighted by Gasteiger charge is 2.31. The predicted octanol–water partition coefficient (Wildman–Crippen LogP) is 2.42. The minimum atomic E-state index is 0.410. The lowest BCUT2D eigenvalue weighted by Gasteiger charge is -2.21. The van der Waals surface area contributed by atoms with Crippen LogP contribution in [-0.2, 0) is 6.54 Å². The number of hydrogen-bond donors (Lipinski definition) is 0. The maximum Gasteiger partial charge on any atom is 0.227 e. The summed E-state index contributed by atoms with van der Waals surface area (Å²) >= 11 is 0. The van der Waals surface area contributed by atoms with Gasteiger partial charge in [0, 0.05) is 11.7 Å². The number of hydrogen-bond acceptors (Lipinski definition) is 5. The Kier molecular flexibility index (Phi) is 2.92. The van der Waals surface area contributed by atoms with Gasteiger partial charge in [-0.3, -0.25) is 0 Å². The van der Waals surface area contributed by atoms with E-state index in [0.29, 0.717) is 24.2 Å². The highest BCUT2D eigenvalue weighted by atomic mass is 16.3. The summed E-state index contributed by atoms with van der Waals surface area (Å²) in [7, 11) is 0. The van der Waals surface area contributed by atoms with Gasteiger partial charge in [-0.2, -0.15) is 5.26 Å². The van der Waals surface area contributed by atoms with Gasteiger partial charge in [-0.1, -0.05) is 0 Å². The van der Waals surface area contributed by atoms with Crippen LogP contribution in [0.25, 0.3) is 0 Å². The molecular weight excluding hydrogens is 240 g/mol. The van der Waals surface area contributed by atoms with Crippen molar-refractivity contribution in [3.05, 3.63) is 41.6 Å². The Balaban J connectivity index is 1.92. The molecule has 5 nitrogen and oxygen atoms in total.